The molecule has 1 aliphatic carbocycles. The highest BCUT2D eigenvalue weighted by molar-refractivity contribution is 5.82. The second kappa shape index (κ2) is 3.58. The lowest BCUT2D eigenvalue weighted by molar-refractivity contribution is -0.132. The maximum atomic E-state index is 11.8. The van der Waals surface area contributed by atoms with Crippen LogP contribution in [0.3, 0.4) is 0 Å². The predicted molar refractivity (Wildman–Crippen MR) is 49.2 cm³/mol. The Bertz CT molecular complexity index is 284. The van der Waals surface area contributed by atoms with Crippen LogP contribution in [-0.2, 0) is 9.53 Å². The molecule has 1 heterocycles. The quantitative estimate of drug-likeness (QED) is 0.639. The van der Waals surface area contributed by atoms with E-state index in [0.29, 0.717) is 6.54 Å². The van der Waals surface area contributed by atoms with E-state index in [1.165, 1.54) is 0 Å². The van der Waals surface area contributed by atoms with Gasteiger partial charge in [0, 0.05) is 20.2 Å². The summed E-state index contributed by atoms with van der Waals surface area (Å²) in [6, 6.07) is 2.21. The van der Waals surface area contributed by atoms with Crippen molar-refractivity contribution in [2.24, 2.45) is 11.8 Å². The van der Waals surface area contributed by atoms with E-state index < -0.39 is 0 Å². The molecule has 0 spiro atoms. The Labute approximate surface area is 83.4 Å². The molecule has 0 N–H and O–H groups in total. The van der Waals surface area contributed by atoms with Gasteiger partial charge < -0.3 is 9.64 Å². The van der Waals surface area contributed by atoms with Crippen LogP contribution in [0.1, 0.15) is 12.8 Å². The van der Waals surface area contributed by atoms with Crippen molar-refractivity contribution in [3.8, 4) is 6.07 Å². The van der Waals surface area contributed by atoms with E-state index >= 15 is 0 Å². The summed E-state index contributed by atoms with van der Waals surface area (Å²) < 4.78 is 5.10. The van der Waals surface area contributed by atoms with Gasteiger partial charge in [0.1, 0.15) is 0 Å². The predicted octanol–water partition coefficient (Wildman–Crippen LogP) is 0.393. The molecule has 0 aromatic rings. The van der Waals surface area contributed by atoms with E-state index in [9.17, 15) is 4.79 Å². The number of carbonyl (C=O) groups excluding carboxylic acids is 1. The number of nitriles is 1. The summed E-state index contributed by atoms with van der Waals surface area (Å²) in [6.07, 6.45) is 1.80. The van der Waals surface area contributed by atoms with Crippen molar-refractivity contribution < 1.29 is 9.53 Å². The van der Waals surface area contributed by atoms with E-state index in [0.717, 1.165) is 19.4 Å². The molecular weight excluding hydrogens is 180 g/mol. The Morgan fingerprint density at radius 2 is 2.43 bits per heavy atom. The second-order valence-electron chi connectivity index (χ2n) is 4.02. The third kappa shape index (κ3) is 1.60. The smallest absolute Gasteiger partial charge is 0.228 e. The Hall–Kier alpha value is -1.08. The molecule has 1 aliphatic heterocycles. The van der Waals surface area contributed by atoms with Gasteiger partial charge in [0.25, 0.3) is 0 Å². The zero-order valence-electron chi connectivity index (χ0n) is 8.27. The zero-order valence-corrected chi connectivity index (χ0v) is 8.27. The molecule has 14 heavy (non-hydrogen) atoms. The molecule has 0 aromatic carbocycles. The minimum absolute atomic E-state index is 0.0405. The fraction of sp³-hybridized carbons (Fsp3) is 0.800. The van der Waals surface area contributed by atoms with E-state index in [1.54, 1.807) is 12.0 Å². The Morgan fingerprint density at radius 1 is 1.64 bits per heavy atom. The zero-order chi connectivity index (χ0) is 10.1. The highest BCUT2D eigenvalue weighted by atomic mass is 16.5. The number of hydrogen-bond donors (Lipinski definition) is 0. The molecule has 1 saturated carbocycles. The van der Waals surface area contributed by atoms with Gasteiger partial charge in [0.05, 0.1) is 24.0 Å². The van der Waals surface area contributed by atoms with Gasteiger partial charge in [-0.2, -0.15) is 5.26 Å². The maximum absolute atomic E-state index is 11.8. The van der Waals surface area contributed by atoms with Crippen LogP contribution in [0.15, 0.2) is 0 Å². The highest BCUT2D eigenvalue weighted by Crippen LogP contribution is 2.36. The van der Waals surface area contributed by atoms with Gasteiger partial charge in [-0.3, -0.25) is 4.79 Å². The maximum Gasteiger partial charge on any atom is 0.228 e. The van der Waals surface area contributed by atoms with E-state index in [4.69, 9.17) is 10.00 Å². The van der Waals surface area contributed by atoms with Crippen molar-refractivity contribution in [2.45, 2.75) is 18.9 Å². The van der Waals surface area contributed by atoms with Gasteiger partial charge in [-0.15, -0.1) is 0 Å². The monoisotopic (exact) mass is 194 g/mol. The molecule has 3 unspecified atom stereocenters. The Morgan fingerprint density at radius 3 is 2.93 bits per heavy atom. The number of carbonyl (C=O) groups is 1. The Balaban J connectivity index is 1.86. The van der Waals surface area contributed by atoms with Crippen molar-refractivity contribution in [1.82, 2.24) is 4.90 Å². The molecule has 2 fully saturated rings. The van der Waals surface area contributed by atoms with Gasteiger partial charge in [-0.25, -0.2) is 0 Å². The summed E-state index contributed by atoms with van der Waals surface area (Å²) in [5.74, 6) is 0.283. The van der Waals surface area contributed by atoms with Crippen LogP contribution in [0.25, 0.3) is 0 Å². The molecule has 4 heteroatoms. The van der Waals surface area contributed by atoms with Crippen LogP contribution in [0.2, 0.25) is 0 Å². The average Bonchev–Trinajstić information content (AvgIpc) is 2.85. The van der Waals surface area contributed by atoms with Crippen molar-refractivity contribution >= 4 is 5.91 Å². The number of nitrogens with zero attached hydrogens (tertiary/aromatic N) is 2. The van der Waals surface area contributed by atoms with Gasteiger partial charge in [0.2, 0.25) is 5.91 Å². The van der Waals surface area contributed by atoms with Crippen molar-refractivity contribution in [3.63, 3.8) is 0 Å². The first-order valence-corrected chi connectivity index (χ1v) is 4.97. The van der Waals surface area contributed by atoms with Crippen molar-refractivity contribution in [2.75, 3.05) is 20.2 Å². The van der Waals surface area contributed by atoms with Gasteiger partial charge in [0.15, 0.2) is 0 Å². The number of rotatable bonds is 2. The lowest BCUT2D eigenvalue weighted by Crippen LogP contribution is -2.31. The molecule has 1 saturated heterocycles. The van der Waals surface area contributed by atoms with Crippen molar-refractivity contribution in [1.29, 1.82) is 5.26 Å². The normalized spacial score (nSPS) is 35.4. The van der Waals surface area contributed by atoms with Gasteiger partial charge in [-0.1, -0.05) is 0 Å². The highest BCUT2D eigenvalue weighted by Gasteiger charge is 2.46. The molecule has 3 atom stereocenters. The third-order valence-corrected chi connectivity index (χ3v) is 3.03. The lowest BCUT2D eigenvalue weighted by Gasteiger charge is -2.14. The molecule has 0 aromatic heterocycles. The standard InChI is InChI=1S/C10H14N2O2/c1-14-9-4-8(9)10(13)12-3-2-7(5-11)6-12/h7-9H,2-4,6H2,1H3. The van der Waals surface area contributed by atoms with Crippen LogP contribution < -0.4 is 0 Å². The summed E-state index contributed by atoms with van der Waals surface area (Å²) in [5.41, 5.74) is 0. The van der Waals surface area contributed by atoms with Crippen LogP contribution >= 0.6 is 0 Å². The minimum atomic E-state index is 0.0405. The van der Waals surface area contributed by atoms with Crippen molar-refractivity contribution in [3.05, 3.63) is 0 Å². The Kier molecular flexibility index (Phi) is 2.42. The number of likely N-dealkylation sites (tertiary alicyclic amines) is 1. The van der Waals surface area contributed by atoms with E-state index in [2.05, 4.69) is 6.07 Å². The summed E-state index contributed by atoms with van der Waals surface area (Å²) in [5, 5.41) is 8.71. The first-order chi connectivity index (χ1) is 6.76. The first-order valence-electron chi connectivity index (χ1n) is 4.97. The molecule has 2 rings (SSSR count). The molecular formula is C10H14N2O2. The van der Waals surface area contributed by atoms with Crippen LogP contribution in [0, 0.1) is 23.2 Å². The molecule has 2 aliphatic rings. The van der Waals surface area contributed by atoms with Gasteiger partial charge >= 0.3 is 0 Å². The summed E-state index contributed by atoms with van der Waals surface area (Å²) in [6.45, 7) is 1.35. The van der Waals surface area contributed by atoms with E-state index in [1.807, 2.05) is 0 Å². The largest absolute Gasteiger partial charge is 0.381 e. The molecule has 76 valence electrons. The average molecular weight is 194 g/mol. The minimum Gasteiger partial charge on any atom is -0.381 e. The summed E-state index contributed by atoms with van der Waals surface area (Å²) in [4.78, 5) is 13.6. The fourth-order valence-corrected chi connectivity index (χ4v) is 1.99. The number of ether oxygens (including phenoxy) is 1. The van der Waals surface area contributed by atoms with Gasteiger partial charge in [-0.05, 0) is 12.8 Å². The lowest BCUT2D eigenvalue weighted by atomic mass is 10.1. The molecule has 0 radical (unpaired) electrons. The van der Waals surface area contributed by atoms with E-state index in [-0.39, 0.29) is 23.8 Å². The summed E-state index contributed by atoms with van der Waals surface area (Å²) >= 11 is 0. The SMILES string of the molecule is COC1CC1C(=O)N1CCC(C#N)C1. The number of methoxy groups -OCH3 is 1. The van der Waals surface area contributed by atoms with Crippen LogP contribution in [-0.4, -0.2) is 37.1 Å². The number of hydrogen-bond acceptors (Lipinski definition) is 3. The number of amides is 1. The first kappa shape index (κ1) is 9.47. The molecule has 0 bridgehead atoms. The van der Waals surface area contributed by atoms with Crippen LogP contribution in [0.5, 0.6) is 0 Å². The molecule has 1 amide bonds. The van der Waals surface area contributed by atoms with Crippen LogP contribution in [0.4, 0.5) is 0 Å². The topological polar surface area (TPSA) is 53.3 Å². The summed E-state index contributed by atoms with van der Waals surface area (Å²) in [7, 11) is 1.64. The fourth-order valence-electron chi connectivity index (χ4n) is 1.99. The second-order valence-corrected chi connectivity index (χ2v) is 4.02. The third-order valence-electron chi connectivity index (χ3n) is 3.03. The molecule has 4 nitrogen and oxygen atoms in total.